The van der Waals surface area contributed by atoms with Crippen molar-refractivity contribution in [3.8, 4) is 17.5 Å². The van der Waals surface area contributed by atoms with Gasteiger partial charge in [0.1, 0.15) is 0 Å². The van der Waals surface area contributed by atoms with E-state index in [9.17, 15) is 8.78 Å². The molecule has 0 aliphatic rings. The van der Waals surface area contributed by atoms with Crippen molar-refractivity contribution in [3.63, 3.8) is 0 Å². The van der Waals surface area contributed by atoms with E-state index in [2.05, 4.69) is 14.7 Å². The van der Waals surface area contributed by atoms with Crippen LogP contribution in [0.25, 0.3) is 22.5 Å². The smallest absolute Gasteiger partial charge is 0.388 e. The number of aromatic nitrogens is 2. The summed E-state index contributed by atoms with van der Waals surface area (Å²) in [5.41, 5.74) is 0.513. The third-order valence-corrected chi connectivity index (χ3v) is 2.51. The molecule has 0 aliphatic heterocycles. The fraction of sp³-hybridized carbons (Fsp3) is 0.0769. The summed E-state index contributed by atoms with van der Waals surface area (Å²) >= 11 is 0. The maximum Gasteiger partial charge on any atom is 0.388 e. The molecule has 0 amide bonds. The predicted octanol–water partition coefficient (Wildman–Crippen LogP) is 3.49. The Morgan fingerprint density at radius 2 is 1.89 bits per heavy atom. The lowest BCUT2D eigenvalue weighted by Crippen LogP contribution is -2.05. The van der Waals surface area contributed by atoms with Crippen LogP contribution in [0.5, 0.6) is 5.88 Å². The summed E-state index contributed by atoms with van der Waals surface area (Å²) in [5.74, 6) is 0.441. The largest absolute Gasteiger partial charge is 0.461 e. The minimum absolute atomic E-state index is 0.160. The second-order valence-corrected chi connectivity index (χ2v) is 3.73. The lowest BCUT2D eigenvalue weighted by atomic mass is 10.2. The lowest BCUT2D eigenvalue weighted by Gasteiger charge is -2.08. The molecule has 1 aromatic carbocycles. The molecule has 0 atom stereocenters. The third kappa shape index (κ3) is 2.24. The van der Waals surface area contributed by atoms with Crippen molar-refractivity contribution in [2.75, 3.05) is 0 Å². The average Bonchev–Trinajstić information content (AvgIpc) is 2.92. The van der Waals surface area contributed by atoms with Gasteiger partial charge in [0.15, 0.2) is 11.6 Å². The van der Waals surface area contributed by atoms with E-state index in [0.29, 0.717) is 16.7 Å². The first-order valence-corrected chi connectivity index (χ1v) is 5.49. The fourth-order valence-corrected chi connectivity index (χ4v) is 1.74. The minimum atomic E-state index is -2.94. The maximum absolute atomic E-state index is 12.4. The van der Waals surface area contributed by atoms with Gasteiger partial charge >= 0.3 is 6.61 Å². The first kappa shape index (κ1) is 11.6. The highest BCUT2D eigenvalue weighted by Gasteiger charge is 2.14. The van der Waals surface area contributed by atoms with Crippen LogP contribution in [-0.4, -0.2) is 16.6 Å². The summed E-state index contributed by atoms with van der Waals surface area (Å²) in [6.07, 6.45) is 1.46. The number of para-hydroxylation sites is 1. The van der Waals surface area contributed by atoms with Crippen LogP contribution >= 0.6 is 0 Å². The van der Waals surface area contributed by atoms with Gasteiger partial charge in [-0.2, -0.15) is 13.8 Å². The highest BCUT2D eigenvalue weighted by molar-refractivity contribution is 5.84. The second-order valence-electron chi connectivity index (χ2n) is 3.73. The van der Waals surface area contributed by atoms with Crippen LogP contribution in [0, 0.1) is 0 Å². The zero-order valence-electron chi connectivity index (χ0n) is 9.59. The van der Waals surface area contributed by atoms with Crippen molar-refractivity contribution in [1.29, 1.82) is 0 Å². The van der Waals surface area contributed by atoms with E-state index in [1.54, 1.807) is 36.4 Å². The van der Waals surface area contributed by atoms with Gasteiger partial charge in [-0.3, -0.25) is 0 Å². The van der Waals surface area contributed by atoms with Gasteiger partial charge in [-0.05, 0) is 24.3 Å². The van der Waals surface area contributed by atoms with E-state index in [1.165, 1.54) is 6.26 Å². The van der Waals surface area contributed by atoms with Gasteiger partial charge in [-0.1, -0.05) is 12.1 Å². The molecule has 0 unspecified atom stereocenters. The summed E-state index contributed by atoms with van der Waals surface area (Å²) in [6.45, 7) is -2.94. The summed E-state index contributed by atoms with van der Waals surface area (Å²) in [4.78, 5) is 8.23. The molecule has 0 saturated heterocycles. The van der Waals surface area contributed by atoms with E-state index in [0.717, 1.165) is 0 Å². The number of hydrogen-bond donors (Lipinski definition) is 0. The molecule has 0 saturated carbocycles. The molecule has 3 rings (SSSR count). The topological polar surface area (TPSA) is 48.2 Å². The monoisotopic (exact) mass is 262 g/mol. The molecule has 0 spiro atoms. The van der Waals surface area contributed by atoms with Crippen molar-refractivity contribution < 1.29 is 17.9 Å². The molecular formula is C13H8F2N2O2. The molecule has 0 aliphatic carbocycles. The molecule has 96 valence electrons. The number of hydrogen-bond acceptors (Lipinski definition) is 4. The Kier molecular flexibility index (Phi) is 2.83. The quantitative estimate of drug-likeness (QED) is 0.724. The molecule has 0 N–H and O–H groups in total. The van der Waals surface area contributed by atoms with Crippen molar-refractivity contribution in [2.45, 2.75) is 6.61 Å². The van der Waals surface area contributed by atoms with Gasteiger partial charge in [0.05, 0.1) is 17.2 Å². The summed E-state index contributed by atoms with van der Waals surface area (Å²) in [7, 11) is 0. The molecule has 6 heteroatoms. The number of benzene rings is 1. The Bertz CT molecular complexity index is 699. The second kappa shape index (κ2) is 4.64. The normalized spacial score (nSPS) is 11.1. The van der Waals surface area contributed by atoms with Gasteiger partial charge in [-0.25, -0.2) is 4.98 Å². The average molecular weight is 262 g/mol. The molecular weight excluding hydrogens is 254 g/mol. The zero-order chi connectivity index (χ0) is 13.2. The van der Waals surface area contributed by atoms with E-state index in [1.807, 2.05) is 0 Å². The van der Waals surface area contributed by atoms with Crippen LogP contribution in [0.3, 0.4) is 0 Å². The fourth-order valence-electron chi connectivity index (χ4n) is 1.74. The number of nitrogens with zero attached hydrogens (tertiary/aromatic N) is 2. The molecule has 0 radical (unpaired) electrons. The van der Waals surface area contributed by atoms with Crippen LogP contribution < -0.4 is 4.74 Å². The highest BCUT2D eigenvalue weighted by Crippen LogP contribution is 2.27. The number of rotatable bonds is 3. The van der Waals surface area contributed by atoms with Crippen LogP contribution in [-0.2, 0) is 0 Å². The Hall–Kier alpha value is -2.50. The van der Waals surface area contributed by atoms with Crippen molar-refractivity contribution in [2.24, 2.45) is 0 Å². The predicted molar refractivity (Wildman–Crippen MR) is 63.9 cm³/mol. The molecule has 2 heterocycles. The molecule has 3 aromatic rings. The summed E-state index contributed by atoms with van der Waals surface area (Å²) in [5, 5.41) is 0.429. The van der Waals surface area contributed by atoms with Gasteiger partial charge in [0, 0.05) is 0 Å². The van der Waals surface area contributed by atoms with Gasteiger partial charge in [0.2, 0.25) is 5.88 Å². The molecule has 4 nitrogen and oxygen atoms in total. The first-order valence-electron chi connectivity index (χ1n) is 5.49. The van der Waals surface area contributed by atoms with Gasteiger partial charge < -0.3 is 9.15 Å². The molecule has 0 bridgehead atoms. The van der Waals surface area contributed by atoms with Crippen LogP contribution in [0.15, 0.2) is 47.1 Å². The molecule has 0 fully saturated rings. The summed E-state index contributed by atoms with van der Waals surface area (Å²) in [6, 6.07) is 10.1. The van der Waals surface area contributed by atoms with E-state index in [-0.39, 0.29) is 11.7 Å². The zero-order valence-corrected chi connectivity index (χ0v) is 9.59. The number of halogens is 2. The molecule has 2 aromatic heterocycles. The maximum atomic E-state index is 12.4. The van der Waals surface area contributed by atoms with Crippen LogP contribution in [0.4, 0.5) is 8.78 Å². The first-order chi connectivity index (χ1) is 9.24. The Labute approximate surface area is 106 Å². The van der Waals surface area contributed by atoms with E-state index in [4.69, 9.17) is 4.42 Å². The number of ether oxygens (including phenoxy) is 1. The summed E-state index contributed by atoms with van der Waals surface area (Å²) < 4.78 is 34.4. The Morgan fingerprint density at radius 1 is 1.05 bits per heavy atom. The number of alkyl halides is 2. The Morgan fingerprint density at radius 3 is 2.63 bits per heavy atom. The standard InChI is InChI=1S/C13H8F2N2O2/c14-13(15)19-12-8-4-1-2-5-9(8)16-11(17-12)10-6-3-7-18-10/h1-7,13H. The van der Waals surface area contributed by atoms with E-state index >= 15 is 0 Å². The van der Waals surface area contributed by atoms with Crippen LogP contribution in [0.2, 0.25) is 0 Å². The van der Waals surface area contributed by atoms with Crippen LogP contribution in [0.1, 0.15) is 0 Å². The van der Waals surface area contributed by atoms with Gasteiger partial charge in [-0.15, -0.1) is 0 Å². The van der Waals surface area contributed by atoms with Crippen molar-refractivity contribution in [1.82, 2.24) is 9.97 Å². The van der Waals surface area contributed by atoms with Crippen molar-refractivity contribution in [3.05, 3.63) is 42.7 Å². The third-order valence-electron chi connectivity index (χ3n) is 2.51. The Balaban J connectivity index is 2.20. The highest BCUT2D eigenvalue weighted by atomic mass is 19.3. The van der Waals surface area contributed by atoms with Gasteiger partial charge in [0.25, 0.3) is 0 Å². The van der Waals surface area contributed by atoms with E-state index < -0.39 is 6.61 Å². The minimum Gasteiger partial charge on any atom is -0.461 e. The SMILES string of the molecule is FC(F)Oc1nc(-c2ccco2)nc2ccccc12. The molecule has 19 heavy (non-hydrogen) atoms. The number of furan rings is 1. The number of fused-ring (bicyclic) bond motifs is 1. The van der Waals surface area contributed by atoms with Crippen molar-refractivity contribution >= 4 is 10.9 Å². The lowest BCUT2D eigenvalue weighted by molar-refractivity contribution is -0.0517.